The van der Waals surface area contributed by atoms with Crippen LogP contribution >= 0.6 is 0 Å². The Morgan fingerprint density at radius 1 is 1.31 bits per heavy atom. The second kappa shape index (κ2) is 5.16. The molecule has 3 nitrogen and oxygen atoms in total. The number of nitrogens with zero attached hydrogens (tertiary/aromatic N) is 1. The lowest BCUT2D eigenvalue weighted by atomic mass is 10.3. The molecular formula is C13H16N2O. The number of H-pyrrole nitrogens is 1. The molecule has 0 saturated carbocycles. The highest BCUT2D eigenvalue weighted by Crippen LogP contribution is 2.05. The van der Waals surface area contributed by atoms with Gasteiger partial charge in [-0.1, -0.05) is 31.4 Å². The van der Waals surface area contributed by atoms with Gasteiger partial charge in [0.25, 0.3) is 5.56 Å². The van der Waals surface area contributed by atoms with Crippen molar-refractivity contribution in [2.75, 3.05) is 0 Å². The van der Waals surface area contributed by atoms with Crippen molar-refractivity contribution < 1.29 is 0 Å². The number of aromatic nitrogens is 2. The van der Waals surface area contributed by atoms with Crippen LogP contribution in [0, 0.1) is 13.8 Å². The molecule has 1 rings (SSSR count). The van der Waals surface area contributed by atoms with E-state index in [9.17, 15) is 4.79 Å². The molecule has 0 aliphatic carbocycles. The number of allylic oxidation sites excluding steroid dienone is 6. The van der Waals surface area contributed by atoms with Crippen LogP contribution in [0.25, 0.3) is 5.70 Å². The van der Waals surface area contributed by atoms with Crippen molar-refractivity contribution in [2.45, 2.75) is 13.8 Å². The minimum absolute atomic E-state index is 0.0457. The van der Waals surface area contributed by atoms with Gasteiger partial charge in [0, 0.05) is 11.3 Å². The standard InChI is InChI=1S/C13H16N2O/c1-5-7-8-9-12(6-2)15-13(16)10(3)11(4)14-15/h5-9,14H,1-2H2,3-4H3/b8-7-,12-9+. The maximum absolute atomic E-state index is 11.8. The van der Waals surface area contributed by atoms with Crippen LogP contribution in [0.1, 0.15) is 11.3 Å². The highest BCUT2D eigenvalue weighted by atomic mass is 16.1. The molecule has 0 spiro atoms. The van der Waals surface area contributed by atoms with Crippen molar-refractivity contribution in [3.8, 4) is 0 Å². The predicted octanol–water partition coefficient (Wildman–Crippen LogP) is 2.56. The van der Waals surface area contributed by atoms with Gasteiger partial charge >= 0.3 is 0 Å². The molecule has 1 heterocycles. The maximum Gasteiger partial charge on any atom is 0.274 e. The zero-order valence-electron chi connectivity index (χ0n) is 9.66. The molecule has 16 heavy (non-hydrogen) atoms. The molecule has 0 saturated heterocycles. The topological polar surface area (TPSA) is 37.8 Å². The Morgan fingerprint density at radius 2 is 2.00 bits per heavy atom. The molecule has 1 aromatic heterocycles. The number of aryl methyl sites for hydroxylation is 1. The molecule has 3 heteroatoms. The van der Waals surface area contributed by atoms with E-state index in [-0.39, 0.29) is 5.56 Å². The monoisotopic (exact) mass is 216 g/mol. The summed E-state index contributed by atoms with van der Waals surface area (Å²) >= 11 is 0. The smallest absolute Gasteiger partial charge is 0.274 e. The van der Waals surface area contributed by atoms with Crippen LogP contribution < -0.4 is 5.56 Å². The number of rotatable bonds is 4. The van der Waals surface area contributed by atoms with Gasteiger partial charge in [-0.25, -0.2) is 4.68 Å². The van der Waals surface area contributed by atoms with Crippen molar-refractivity contribution in [2.24, 2.45) is 0 Å². The first-order valence-corrected chi connectivity index (χ1v) is 5.02. The lowest BCUT2D eigenvalue weighted by Gasteiger charge is -2.00. The van der Waals surface area contributed by atoms with Crippen LogP contribution in [-0.2, 0) is 0 Å². The molecule has 0 aliphatic heterocycles. The molecular weight excluding hydrogens is 200 g/mol. The van der Waals surface area contributed by atoms with Gasteiger partial charge in [-0.2, -0.15) is 0 Å². The van der Waals surface area contributed by atoms with Gasteiger partial charge < -0.3 is 0 Å². The van der Waals surface area contributed by atoms with Gasteiger partial charge in [-0.05, 0) is 26.0 Å². The minimum atomic E-state index is -0.0457. The van der Waals surface area contributed by atoms with Crippen LogP contribution in [-0.4, -0.2) is 9.78 Å². The quantitative estimate of drug-likeness (QED) is 0.772. The van der Waals surface area contributed by atoms with E-state index in [0.29, 0.717) is 5.70 Å². The first-order chi connectivity index (χ1) is 7.61. The SMILES string of the molecule is C=C/C=C\C=C(/C=C)n1[nH]c(C)c(C)c1=O. The summed E-state index contributed by atoms with van der Waals surface area (Å²) in [4.78, 5) is 11.8. The fourth-order valence-electron chi connectivity index (χ4n) is 1.28. The van der Waals surface area contributed by atoms with Gasteiger partial charge in [0.1, 0.15) is 0 Å². The Bertz CT molecular complexity index is 513. The van der Waals surface area contributed by atoms with E-state index < -0.39 is 0 Å². The van der Waals surface area contributed by atoms with Crippen molar-refractivity contribution in [1.29, 1.82) is 0 Å². The third-order valence-corrected chi connectivity index (χ3v) is 2.35. The second-order valence-corrected chi connectivity index (χ2v) is 3.42. The summed E-state index contributed by atoms with van der Waals surface area (Å²) in [6.45, 7) is 10.9. The van der Waals surface area contributed by atoms with Crippen LogP contribution in [0.3, 0.4) is 0 Å². The summed E-state index contributed by atoms with van der Waals surface area (Å²) < 4.78 is 1.48. The Kier molecular flexibility index (Phi) is 3.89. The first kappa shape index (κ1) is 12.0. The van der Waals surface area contributed by atoms with Crippen molar-refractivity contribution in [3.05, 3.63) is 65.1 Å². The summed E-state index contributed by atoms with van der Waals surface area (Å²) in [5.74, 6) is 0. The summed E-state index contributed by atoms with van der Waals surface area (Å²) in [6.07, 6.45) is 8.69. The van der Waals surface area contributed by atoms with Crippen molar-refractivity contribution in [1.82, 2.24) is 9.78 Å². The average molecular weight is 216 g/mol. The number of aromatic amines is 1. The molecule has 0 aromatic carbocycles. The molecule has 0 atom stereocenters. The molecule has 84 valence electrons. The van der Waals surface area contributed by atoms with E-state index in [1.165, 1.54) is 4.68 Å². The van der Waals surface area contributed by atoms with Crippen LogP contribution in [0.15, 0.2) is 48.3 Å². The molecule has 0 radical (unpaired) electrons. The molecule has 1 aromatic rings. The molecule has 0 bridgehead atoms. The first-order valence-electron chi connectivity index (χ1n) is 5.02. The number of nitrogens with one attached hydrogen (secondary N) is 1. The minimum Gasteiger partial charge on any atom is -0.295 e. The maximum atomic E-state index is 11.8. The lowest BCUT2D eigenvalue weighted by Crippen LogP contribution is -2.16. The van der Waals surface area contributed by atoms with E-state index in [1.807, 2.05) is 13.0 Å². The number of hydrogen-bond donors (Lipinski definition) is 1. The third-order valence-electron chi connectivity index (χ3n) is 2.35. The van der Waals surface area contributed by atoms with E-state index in [1.54, 1.807) is 31.2 Å². The normalized spacial score (nSPS) is 12.0. The molecule has 0 aliphatic rings. The third kappa shape index (κ3) is 2.31. The van der Waals surface area contributed by atoms with E-state index in [4.69, 9.17) is 0 Å². The predicted molar refractivity (Wildman–Crippen MR) is 68.3 cm³/mol. The van der Waals surface area contributed by atoms with Gasteiger partial charge in [-0.3, -0.25) is 9.89 Å². The molecule has 0 fully saturated rings. The Labute approximate surface area is 95.1 Å². The van der Waals surface area contributed by atoms with E-state index in [2.05, 4.69) is 18.3 Å². The summed E-state index contributed by atoms with van der Waals surface area (Å²) in [6, 6.07) is 0. The summed E-state index contributed by atoms with van der Waals surface area (Å²) in [5.41, 5.74) is 2.25. The lowest BCUT2D eigenvalue weighted by molar-refractivity contribution is 0.862. The zero-order valence-corrected chi connectivity index (χ0v) is 9.66. The van der Waals surface area contributed by atoms with Crippen LogP contribution in [0.4, 0.5) is 0 Å². The fourth-order valence-corrected chi connectivity index (χ4v) is 1.28. The highest BCUT2D eigenvalue weighted by molar-refractivity contribution is 5.57. The second-order valence-electron chi connectivity index (χ2n) is 3.42. The average Bonchev–Trinajstić information content (AvgIpc) is 2.53. The van der Waals surface area contributed by atoms with Crippen LogP contribution in [0.2, 0.25) is 0 Å². The van der Waals surface area contributed by atoms with Crippen molar-refractivity contribution >= 4 is 5.70 Å². The molecule has 0 unspecified atom stereocenters. The van der Waals surface area contributed by atoms with Gasteiger partial charge in [0.05, 0.1) is 5.70 Å². The van der Waals surface area contributed by atoms with Gasteiger partial charge in [-0.15, -0.1) is 0 Å². The number of hydrogen-bond acceptors (Lipinski definition) is 1. The Balaban J connectivity index is 3.24. The Morgan fingerprint density at radius 3 is 2.44 bits per heavy atom. The zero-order chi connectivity index (χ0) is 12.1. The summed E-state index contributed by atoms with van der Waals surface area (Å²) in [5, 5.41) is 3.00. The van der Waals surface area contributed by atoms with E-state index in [0.717, 1.165) is 11.3 Å². The molecule has 1 N–H and O–H groups in total. The highest BCUT2D eigenvalue weighted by Gasteiger charge is 2.07. The van der Waals surface area contributed by atoms with Gasteiger partial charge in [0.15, 0.2) is 0 Å². The molecule has 0 amide bonds. The van der Waals surface area contributed by atoms with Gasteiger partial charge in [0.2, 0.25) is 0 Å². The Hall–Kier alpha value is -2.03. The largest absolute Gasteiger partial charge is 0.295 e. The van der Waals surface area contributed by atoms with Crippen LogP contribution in [0.5, 0.6) is 0 Å². The van der Waals surface area contributed by atoms with Crippen molar-refractivity contribution in [3.63, 3.8) is 0 Å². The fraction of sp³-hybridized carbons (Fsp3) is 0.154. The summed E-state index contributed by atoms with van der Waals surface area (Å²) in [7, 11) is 0. The van der Waals surface area contributed by atoms with E-state index >= 15 is 0 Å².